The van der Waals surface area contributed by atoms with Crippen LogP contribution in [-0.4, -0.2) is 8.42 Å². The molecule has 3 rings (SSSR count). The molecule has 0 unspecified atom stereocenters. The maximum atomic E-state index is 12.6. The molecule has 0 bridgehead atoms. The van der Waals surface area contributed by atoms with Gasteiger partial charge in [0.05, 0.1) is 0 Å². The summed E-state index contributed by atoms with van der Waals surface area (Å²) in [4.78, 5) is 12.0. The van der Waals surface area contributed by atoms with Gasteiger partial charge in [0.15, 0.2) is 0 Å². The Bertz CT molecular complexity index is 1170. The molecule has 3 nitrogen and oxygen atoms in total. The predicted molar refractivity (Wildman–Crippen MR) is 108 cm³/mol. The summed E-state index contributed by atoms with van der Waals surface area (Å²) in [6, 6.07) is 11.5. The Morgan fingerprint density at radius 1 is 1.04 bits per heavy atom. The van der Waals surface area contributed by atoms with E-state index in [1.807, 2.05) is 0 Å². The van der Waals surface area contributed by atoms with E-state index in [0.29, 0.717) is 21.0 Å². The summed E-state index contributed by atoms with van der Waals surface area (Å²) in [7, 11) is -3.91. The second-order valence-corrected chi connectivity index (χ2v) is 9.67. The number of sulfone groups is 1. The molecular formula is C17H9BrCl2O3S2. The summed E-state index contributed by atoms with van der Waals surface area (Å²) in [5.41, 5.74) is 0.495. The van der Waals surface area contributed by atoms with Crippen LogP contribution in [0.2, 0.25) is 10.0 Å². The summed E-state index contributed by atoms with van der Waals surface area (Å²) in [6.45, 7) is 0. The third-order valence-electron chi connectivity index (χ3n) is 3.36. The van der Waals surface area contributed by atoms with Gasteiger partial charge in [0.2, 0.25) is 9.84 Å². The monoisotopic (exact) mass is 474 g/mol. The minimum absolute atomic E-state index is 0.260. The first-order valence-corrected chi connectivity index (χ1v) is 10.8. The molecule has 3 aromatic rings. The Labute approximate surface area is 166 Å². The summed E-state index contributed by atoms with van der Waals surface area (Å²) < 4.78 is 26.2. The van der Waals surface area contributed by atoms with Gasteiger partial charge in [0.1, 0.15) is 4.90 Å². The van der Waals surface area contributed by atoms with Crippen molar-refractivity contribution < 1.29 is 8.42 Å². The first-order valence-electron chi connectivity index (χ1n) is 6.88. The van der Waals surface area contributed by atoms with E-state index in [4.69, 9.17) is 23.2 Å². The number of benzene rings is 2. The molecule has 0 atom stereocenters. The lowest BCUT2D eigenvalue weighted by Gasteiger charge is -2.02. The molecular weight excluding hydrogens is 467 g/mol. The van der Waals surface area contributed by atoms with Gasteiger partial charge in [-0.25, -0.2) is 8.42 Å². The second kappa shape index (κ2) is 7.21. The molecule has 2 aromatic carbocycles. The average molecular weight is 476 g/mol. The SMILES string of the molecule is O=c1sc2ccc(Br)cc2cc1S(=O)(=O)/C=C/c1ccc(Cl)cc1Cl. The normalized spacial score (nSPS) is 12.1. The molecule has 0 aliphatic heterocycles. The zero-order valence-corrected chi connectivity index (χ0v) is 17.1. The molecule has 0 amide bonds. The fourth-order valence-corrected chi connectivity index (χ4v) is 5.20. The van der Waals surface area contributed by atoms with Crippen LogP contribution in [0.3, 0.4) is 0 Å². The molecule has 0 aliphatic carbocycles. The number of hydrogen-bond donors (Lipinski definition) is 0. The van der Waals surface area contributed by atoms with E-state index in [9.17, 15) is 13.2 Å². The van der Waals surface area contributed by atoms with E-state index >= 15 is 0 Å². The van der Waals surface area contributed by atoms with Crippen molar-refractivity contribution in [3.8, 4) is 0 Å². The van der Waals surface area contributed by atoms with Crippen molar-refractivity contribution in [1.29, 1.82) is 0 Å². The predicted octanol–water partition coefficient (Wildman–Crippen LogP) is 5.78. The van der Waals surface area contributed by atoms with Gasteiger partial charge in [-0.1, -0.05) is 56.5 Å². The van der Waals surface area contributed by atoms with Crippen LogP contribution in [0, 0.1) is 0 Å². The van der Waals surface area contributed by atoms with Crippen LogP contribution >= 0.6 is 50.5 Å². The molecule has 8 heteroatoms. The zero-order chi connectivity index (χ0) is 18.2. The van der Waals surface area contributed by atoms with Gasteiger partial charge in [-0.05, 0) is 53.4 Å². The minimum atomic E-state index is -3.91. The van der Waals surface area contributed by atoms with E-state index in [-0.39, 0.29) is 4.90 Å². The highest BCUT2D eigenvalue weighted by atomic mass is 79.9. The standard InChI is InChI=1S/C17H9BrCl2O3S2/c18-12-2-4-15-11(7-12)8-16(17(21)24-15)25(22,23)6-5-10-1-3-13(19)9-14(10)20/h1-9H/b6-5+. The van der Waals surface area contributed by atoms with Crippen molar-refractivity contribution in [2.45, 2.75) is 4.90 Å². The van der Waals surface area contributed by atoms with Crippen LogP contribution in [0.4, 0.5) is 0 Å². The third kappa shape index (κ3) is 4.15. The molecule has 0 radical (unpaired) electrons. The van der Waals surface area contributed by atoms with Gasteiger partial charge < -0.3 is 0 Å². The molecule has 25 heavy (non-hydrogen) atoms. The van der Waals surface area contributed by atoms with Gasteiger partial charge in [0.25, 0.3) is 4.74 Å². The maximum absolute atomic E-state index is 12.6. The highest BCUT2D eigenvalue weighted by Crippen LogP contribution is 2.26. The summed E-state index contributed by atoms with van der Waals surface area (Å²) in [5.74, 6) is 0. The summed E-state index contributed by atoms with van der Waals surface area (Å²) >= 11 is 16.1. The fraction of sp³-hybridized carbons (Fsp3) is 0. The lowest BCUT2D eigenvalue weighted by molar-refractivity contribution is 0.604. The highest BCUT2D eigenvalue weighted by molar-refractivity contribution is 9.10. The summed E-state index contributed by atoms with van der Waals surface area (Å²) in [5, 5.41) is 2.44. The molecule has 1 aromatic heterocycles. The molecule has 0 saturated carbocycles. The minimum Gasteiger partial charge on any atom is -0.276 e. The van der Waals surface area contributed by atoms with Crippen molar-refractivity contribution in [2.24, 2.45) is 0 Å². The number of halogens is 3. The van der Waals surface area contributed by atoms with Crippen molar-refractivity contribution in [3.63, 3.8) is 0 Å². The van der Waals surface area contributed by atoms with Crippen molar-refractivity contribution in [1.82, 2.24) is 0 Å². The maximum Gasteiger partial charge on any atom is 0.251 e. The van der Waals surface area contributed by atoms with Crippen LogP contribution in [0.5, 0.6) is 0 Å². The van der Waals surface area contributed by atoms with Crippen LogP contribution in [0.15, 0.2) is 62.0 Å². The Morgan fingerprint density at radius 3 is 2.52 bits per heavy atom. The third-order valence-corrected chi connectivity index (χ3v) is 6.95. The van der Waals surface area contributed by atoms with E-state index in [1.165, 1.54) is 18.2 Å². The van der Waals surface area contributed by atoms with Crippen LogP contribution in [0.1, 0.15) is 5.56 Å². The number of fused-ring (bicyclic) bond motifs is 1. The zero-order valence-electron chi connectivity index (χ0n) is 12.4. The fourth-order valence-electron chi connectivity index (χ4n) is 2.15. The van der Waals surface area contributed by atoms with Gasteiger partial charge in [-0.3, -0.25) is 4.79 Å². The average Bonchev–Trinajstić information content (AvgIpc) is 2.53. The number of rotatable bonds is 3. The van der Waals surface area contributed by atoms with Gasteiger partial charge in [-0.2, -0.15) is 0 Å². The Hall–Kier alpha value is -1.18. The van der Waals surface area contributed by atoms with Crippen molar-refractivity contribution in [3.05, 3.63) is 77.5 Å². The lowest BCUT2D eigenvalue weighted by Crippen LogP contribution is -2.09. The molecule has 0 N–H and O–H groups in total. The van der Waals surface area contributed by atoms with Gasteiger partial charge in [-0.15, -0.1) is 0 Å². The van der Waals surface area contributed by atoms with Gasteiger partial charge >= 0.3 is 0 Å². The largest absolute Gasteiger partial charge is 0.276 e. The molecule has 128 valence electrons. The van der Waals surface area contributed by atoms with Crippen molar-refractivity contribution >= 4 is 76.5 Å². The topological polar surface area (TPSA) is 51.2 Å². The molecule has 0 spiro atoms. The Balaban J connectivity index is 2.07. The Morgan fingerprint density at radius 2 is 1.80 bits per heavy atom. The number of hydrogen-bond acceptors (Lipinski definition) is 4. The first kappa shape index (κ1) is 18.6. The van der Waals surface area contributed by atoms with Crippen LogP contribution in [0.25, 0.3) is 16.2 Å². The molecule has 0 saturated heterocycles. The molecule has 0 fully saturated rings. The van der Waals surface area contributed by atoms with E-state index < -0.39 is 14.6 Å². The second-order valence-electron chi connectivity index (χ2n) is 5.09. The first-order chi connectivity index (χ1) is 11.8. The van der Waals surface area contributed by atoms with Crippen molar-refractivity contribution in [2.75, 3.05) is 0 Å². The van der Waals surface area contributed by atoms with E-state index in [2.05, 4.69) is 15.9 Å². The van der Waals surface area contributed by atoms with Crippen LogP contribution in [-0.2, 0) is 9.84 Å². The highest BCUT2D eigenvalue weighted by Gasteiger charge is 2.17. The van der Waals surface area contributed by atoms with Gasteiger partial charge in [0, 0.05) is 24.6 Å². The van der Waals surface area contributed by atoms with Crippen LogP contribution < -0.4 is 4.74 Å². The Kier molecular flexibility index (Phi) is 5.37. The van der Waals surface area contributed by atoms with E-state index in [0.717, 1.165) is 25.9 Å². The van der Waals surface area contributed by atoms with E-state index in [1.54, 1.807) is 30.3 Å². The quantitative estimate of drug-likeness (QED) is 0.482. The lowest BCUT2D eigenvalue weighted by atomic mass is 10.2. The molecule has 0 aliphatic rings. The smallest absolute Gasteiger partial charge is 0.251 e. The summed E-state index contributed by atoms with van der Waals surface area (Å²) in [6.07, 6.45) is 1.35. The molecule has 1 heterocycles.